The van der Waals surface area contributed by atoms with Crippen LogP contribution in [-0.4, -0.2) is 21.9 Å². The molecule has 0 N–H and O–H groups in total. The van der Waals surface area contributed by atoms with E-state index in [0.717, 1.165) is 29.4 Å². The molecule has 0 amide bonds. The molecule has 0 saturated carbocycles. The summed E-state index contributed by atoms with van der Waals surface area (Å²) in [5.41, 5.74) is 0.894. The van der Waals surface area contributed by atoms with E-state index in [2.05, 4.69) is 23.9 Å². The summed E-state index contributed by atoms with van der Waals surface area (Å²) >= 11 is 5.95. The number of ether oxygens (including phenoxy) is 2. The molecule has 0 unspecified atom stereocenters. The summed E-state index contributed by atoms with van der Waals surface area (Å²) in [5, 5.41) is 4.22. The maximum Gasteiger partial charge on any atom is 0.164 e. The lowest BCUT2D eigenvalue weighted by Gasteiger charge is -2.12. The minimum absolute atomic E-state index is 0.364. The molecule has 0 atom stereocenters. The van der Waals surface area contributed by atoms with Crippen LogP contribution in [0.1, 0.15) is 25.2 Å². The van der Waals surface area contributed by atoms with E-state index in [1.54, 1.807) is 13.4 Å². The first-order chi connectivity index (χ1) is 10.1. The molecule has 0 aliphatic carbocycles. The number of rotatable bonds is 7. The molecular weight excluding hydrogens is 290 g/mol. The summed E-state index contributed by atoms with van der Waals surface area (Å²) in [6.07, 6.45) is 1.55. The second-order valence-electron chi connectivity index (χ2n) is 5.15. The van der Waals surface area contributed by atoms with Crippen molar-refractivity contribution in [2.24, 2.45) is 5.92 Å². The SMILES string of the molecule is COc1ccc(OCc2ncnn2CC(C)C)c(CCl)c1. The molecule has 0 radical (unpaired) electrons. The van der Waals surface area contributed by atoms with Crippen molar-refractivity contribution < 1.29 is 9.47 Å². The first-order valence-electron chi connectivity index (χ1n) is 6.86. The Balaban J connectivity index is 2.08. The second kappa shape index (κ2) is 7.31. The summed E-state index contributed by atoms with van der Waals surface area (Å²) < 4.78 is 12.9. The quantitative estimate of drug-likeness (QED) is 0.737. The first kappa shape index (κ1) is 15.6. The van der Waals surface area contributed by atoms with Gasteiger partial charge in [0.15, 0.2) is 5.82 Å². The molecule has 21 heavy (non-hydrogen) atoms. The van der Waals surface area contributed by atoms with Gasteiger partial charge in [-0.1, -0.05) is 13.8 Å². The van der Waals surface area contributed by atoms with Crippen molar-refractivity contribution in [1.29, 1.82) is 0 Å². The van der Waals surface area contributed by atoms with Crippen LogP contribution in [0.5, 0.6) is 11.5 Å². The molecule has 1 aromatic carbocycles. The van der Waals surface area contributed by atoms with Crippen LogP contribution in [0.3, 0.4) is 0 Å². The number of alkyl halides is 1. The van der Waals surface area contributed by atoms with Crippen molar-refractivity contribution in [3.05, 3.63) is 35.9 Å². The maximum absolute atomic E-state index is 5.95. The Bertz CT molecular complexity index is 584. The summed E-state index contributed by atoms with van der Waals surface area (Å²) in [6, 6.07) is 5.59. The third kappa shape index (κ3) is 4.11. The van der Waals surface area contributed by atoms with Crippen LogP contribution in [-0.2, 0) is 19.0 Å². The molecular formula is C15H20ClN3O2. The molecule has 0 saturated heterocycles. The number of benzene rings is 1. The van der Waals surface area contributed by atoms with E-state index >= 15 is 0 Å². The average molecular weight is 310 g/mol. The zero-order chi connectivity index (χ0) is 15.2. The number of aromatic nitrogens is 3. The van der Waals surface area contributed by atoms with Crippen LogP contribution >= 0.6 is 11.6 Å². The largest absolute Gasteiger partial charge is 0.497 e. The molecule has 1 aromatic heterocycles. The molecule has 2 aromatic rings. The van der Waals surface area contributed by atoms with Crippen molar-refractivity contribution in [3.8, 4) is 11.5 Å². The third-order valence-electron chi connectivity index (χ3n) is 3.00. The molecule has 114 valence electrons. The van der Waals surface area contributed by atoms with Crippen LogP contribution in [0.25, 0.3) is 0 Å². The third-order valence-corrected chi connectivity index (χ3v) is 3.29. The van der Waals surface area contributed by atoms with Crippen molar-refractivity contribution in [2.45, 2.75) is 32.9 Å². The van der Waals surface area contributed by atoms with Gasteiger partial charge in [0.25, 0.3) is 0 Å². The van der Waals surface area contributed by atoms with Gasteiger partial charge in [-0.3, -0.25) is 0 Å². The summed E-state index contributed by atoms with van der Waals surface area (Å²) in [7, 11) is 1.63. The van der Waals surface area contributed by atoms with Crippen molar-refractivity contribution >= 4 is 11.6 Å². The Morgan fingerprint density at radius 2 is 2.14 bits per heavy atom. The normalized spacial score (nSPS) is 10.9. The van der Waals surface area contributed by atoms with Gasteiger partial charge in [-0.2, -0.15) is 5.10 Å². The van der Waals surface area contributed by atoms with E-state index in [4.69, 9.17) is 21.1 Å². The lowest BCUT2D eigenvalue weighted by molar-refractivity contribution is 0.280. The molecule has 0 bridgehead atoms. The van der Waals surface area contributed by atoms with Crippen molar-refractivity contribution in [2.75, 3.05) is 7.11 Å². The fraction of sp³-hybridized carbons (Fsp3) is 0.467. The van der Waals surface area contributed by atoms with Crippen LogP contribution in [0.15, 0.2) is 24.5 Å². The monoisotopic (exact) mass is 309 g/mol. The molecule has 5 nitrogen and oxygen atoms in total. The van der Waals surface area contributed by atoms with Gasteiger partial charge < -0.3 is 9.47 Å². The van der Waals surface area contributed by atoms with E-state index in [1.165, 1.54) is 0 Å². The number of hydrogen-bond donors (Lipinski definition) is 0. The number of nitrogens with zero attached hydrogens (tertiary/aromatic N) is 3. The van der Waals surface area contributed by atoms with Crippen LogP contribution in [0.4, 0.5) is 0 Å². The zero-order valence-corrected chi connectivity index (χ0v) is 13.3. The second-order valence-corrected chi connectivity index (χ2v) is 5.42. The van der Waals surface area contributed by atoms with Crippen LogP contribution in [0, 0.1) is 5.92 Å². The van der Waals surface area contributed by atoms with E-state index < -0.39 is 0 Å². The van der Waals surface area contributed by atoms with E-state index in [9.17, 15) is 0 Å². The van der Waals surface area contributed by atoms with Crippen molar-refractivity contribution in [3.63, 3.8) is 0 Å². The van der Waals surface area contributed by atoms with Gasteiger partial charge in [-0.15, -0.1) is 11.6 Å². The fourth-order valence-electron chi connectivity index (χ4n) is 1.97. The van der Waals surface area contributed by atoms with Gasteiger partial charge in [-0.05, 0) is 24.1 Å². The minimum atomic E-state index is 0.364. The van der Waals surface area contributed by atoms with Crippen LogP contribution < -0.4 is 9.47 Å². The predicted molar refractivity (Wildman–Crippen MR) is 81.7 cm³/mol. The molecule has 0 aliphatic heterocycles. The Hall–Kier alpha value is -1.75. The van der Waals surface area contributed by atoms with Gasteiger partial charge in [0, 0.05) is 12.1 Å². The summed E-state index contributed by atoms with van der Waals surface area (Å²) in [4.78, 5) is 4.24. The molecule has 0 aliphatic rings. The topological polar surface area (TPSA) is 49.2 Å². The maximum atomic E-state index is 5.95. The van der Waals surface area contributed by atoms with Gasteiger partial charge >= 0.3 is 0 Å². The molecule has 1 heterocycles. The van der Waals surface area contributed by atoms with Crippen LogP contribution in [0.2, 0.25) is 0 Å². The first-order valence-corrected chi connectivity index (χ1v) is 7.39. The van der Waals surface area contributed by atoms with Gasteiger partial charge in [0.2, 0.25) is 0 Å². The van der Waals surface area contributed by atoms with E-state index in [1.807, 2.05) is 22.9 Å². The van der Waals surface area contributed by atoms with Crippen molar-refractivity contribution in [1.82, 2.24) is 14.8 Å². The number of methoxy groups -OCH3 is 1. The average Bonchev–Trinajstić information content (AvgIpc) is 2.91. The highest BCUT2D eigenvalue weighted by Crippen LogP contribution is 2.26. The zero-order valence-electron chi connectivity index (χ0n) is 12.5. The fourth-order valence-corrected chi connectivity index (χ4v) is 2.18. The van der Waals surface area contributed by atoms with E-state index in [-0.39, 0.29) is 0 Å². The minimum Gasteiger partial charge on any atom is -0.497 e. The Morgan fingerprint density at radius 3 is 2.81 bits per heavy atom. The number of halogens is 1. The smallest absolute Gasteiger partial charge is 0.164 e. The lowest BCUT2D eigenvalue weighted by atomic mass is 10.2. The van der Waals surface area contributed by atoms with E-state index in [0.29, 0.717) is 18.4 Å². The molecule has 0 fully saturated rings. The van der Waals surface area contributed by atoms with Gasteiger partial charge in [0.1, 0.15) is 24.4 Å². The summed E-state index contributed by atoms with van der Waals surface area (Å²) in [6.45, 7) is 5.47. The Labute approximate surface area is 129 Å². The molecule has 6 heteroatoms. The highest BCUT2D eigenvalue weighted by atomic mass is 35.5. The number of hydrogen-bond acceptors (Lipinski definition) is 4. The predicted octanol–water partition coefficient (Wildman–Crippen LogP) is 3.26. The standard InChI is InChI=1S/C15H20ClN3O2/c1-11(2)8-19-15(17-10-18-19)9-21-14-5-4-13(20-3)6-12(14)7-16/h4-6,10-11H,7-9H2,1-3H3. The Kier molecular flexibility index (Phi) is 5.44. The van der Waals surface area contributed by atoms with Gasteiger partial charge in [0.05, 0.1) is 13.0 Å². The lowest BCUT2D eigenvalue weighted by Crippen LogP contribution is -2.12. The highest BCUT2D eigenvalue weighted by molar-refractivity contribution is 6.17. The molecule has 2 rings (SSSR count). The molecule has 0 spiro atoms. The summed E-state index contributed by atoms with van der Waals surface area (Å²) in [5.74, 6) is 3.18. The highest BCUT2D eigenvalue weighted by Gasteiger charge is 2.09. The Morgan fingerprint density at radius 1 is 1.33 bits per heavy atom. The van der Waals surface area contributed by atoms with Gasteiger partial charge in [-0.25, -0.2) is 9.67 Å².